The lowest BCUT2D eigenvalue weighted by Gasteiger charge is -2.13. The SMILES string of the molecule is Cc1ccc2[nH]c(=S)n(C(C)Cc3cccs3)c2n1. The Morgan fingerprint density at radius 2 is 2.26 bits per heavy atom. The number of aromatic amines is 1. The Balaban J connectivity index is 2.06. The monoisotopic (exact) mass is 289 g/mol. The topological polar surface area (TPSA) is 33.6 Å². The second-order valence-electron chi connectivity index (χ2n) is 4.76. The van der Waals surface area contributed by atoms with Crippen LogP contribution in [0.3, 0.4) is 0 Å². The van der Waals surface area contributed by atoms with Gasteiger partial charge in [-0.05, 0) is 49.6 Å². The average molecular weight is 289 g/mol. The van der Waals surface area contributed by atoms with Gasteiger partial charge in [0.15, 0.2) is 10.4 Å². The van der Waals surface area contributed by atoms with Crippen molar-refractivity contribution in [1.82, 2.24) is 14.5 Å². The summed E-state index contributed by atoms with van der Waals surface area (Å²) < 4.78 is 2.87. The minimum atomic E-state index is 0.300. The van der Waals surface area contributed by atoms with Crippen molar-refractivity contribution in [3.8, 4) is 0 Å². The Bertz CT molecular complexity index is 753. The van der Waals surface area contributed by atoms with Crippen molar-refractivity contribution >= 4 is 34.7 Å². The van der Waals surface area contributed by atoms with Crippen LogP contribution in [0, 0.1) is 11.7 Å². The summed E-state index contributed by atoms with van der Waals surface area (Å²) >= 11 is 7.22. The first-order chi connectivity index (χ1) is 9.15. The molecule has 0 bridgehead atoms. The van der Waals surface area contributed by atoms with Gasteiger partial charge in [0.25, 0.3) is 0 Å². The first kappa shape index (κ1) is 12.6. The van der Waals surface area contributed by atoms with Crippen LogP contribution in [0.4, 0.5) is 0 Å². The highest BCUT2D eigenvalue weighted by Crippen LogP contribution is 2.22. The van der Waals surface area contributed by atoms with E-state index in [9.17, 15) is 0 Å². The molecule has 3 rings (SSSR count). The number of aromatic nitrogens is 3. The third-order valence-electron chi connectivity index (χ3n) is 3.22. The molecule has 3 aromatic rings. The number of H-pyrrole nitrogens is 1. The second-order valence-corrected chi connectivity index (χ2v) is 6.18. The molecule has 0 saturated heterocycles. The average Bonchev–Trinajstić information content (AvgIpc) is 2.95. The van der Waals surface area contributed by atoms with Crippen LogP contribution >= 0.6 is 23.6 Å². The number of nitrogens with zero attached hydrogens (tertiary/aromatic N) is 2. The number of aryl methyl sites for hydroxylation is 1. The number of hydrogen-bond donors (Lipinski definition) is 1. The van der Waals surface area contributed by atoms with Crippen molar-refractivity contribution < 1.29 is 0 Å². The van der Waals surface area contributed by atoms with E-state index in [1.807, 2.05) is 19.1 Å². The van der Waals surface area contributed by atoms with Gasteiger partial charge in [0.2, 0.25) is 0 Å². The van der Waals surface area contributed by atoms with Gasteiger partial charge in [-0.1, -0.05) is 6.07 Å². The summed E-state index contributed by atoms with van der Waals surface area (Å²) in [5.74, 6) is 0. The van der Waals surface area contributed by atoms with Crippen LogP contribution in [0.2, 0.25) is 0 Å². The highest BCUT2D eigenvalue weighted by atomic mass is 32.1. The first-order valence-electron chi connectivity index (χ1n) is 6.25. The summed E-state index contributed by atoms with van der Waals surface area (Å²) in [7, 11) is 0. The number of thiophene rings is 1. The summed E-state index contributed by atoms with van der Waals surface area (Å²) in [5, 5.41) is 2.11. The fourth-order valence-corrected chi connectivity index (χ4v) is 3.52. The molecule has 0 aliphatic carbocycles. The standard InChI is InChI=1S/C14H15N3S2/c1-9-5-6-12-13(15-9)17(14(18)16-12)10(2)8-11-4-3-7-19-11/h3-7,10H,8H2,1-2H3,(H,16,18). The van der Waals surface area contributed by atoms with E-state index in [-0.39, 0.29) is 0 Å². The molecule has 98 valence electrons. The van der Waals surface area contributed by atoms with Gasteiger partial charge in [0, 0.05) is 23.0 Å². The highest BCUT2D eigenvalue weighted by Gasteiger charge is 2.13. The third-order valence-corrected chi connectivity index (χ3v) is 4.42. The van der Waals surface area contributed by atoms with Crippen molar-refractivity contribution in [2.75, 3.05) is 0 Å². The van der Waals surface area contributed by atoms with Gasteiger partial charge in [0.1, 0.15) is 0 Å². The molecule has 0 aromatic carbocycles. The number of nitrogens with one attached hydrogen (secondary N) is 1. The van der Waals surface area contributed by atoms with E-state index in [4.69, 9.17) is 12.2 Å². The summed E-state index contributed by atoms with van der Waals surface area (Å²) in [4.78, 5) is 9.22. The summed E-state index contributed by atoms with van der Waals surface area (Å²) in [5.41, 5.74) is 2.97. The van der Waals surface area contributed by atoms with E-state index in [1.54, 1.807) is 11.3 Å². The van der Waals surface area contributed by atoms with E-state index in [1.165, 1.54) is 4.88 Å². The molecular formula is C14H15N3S2. The molecule has 0 radical (unpaired) electrons. The van der Waals surface area contributed by atoms with Crippen LogP contribution in [-0.2, 0) is 6.42 Å². The Morgan fingerprint density at radius 3 is 3.00 bits per heavy atom. The molecule has 5 heteroatoms. The minimum absolute atomic E-state index is 0.300. The third kappa shape index (κ3) is 2.35. The first-order valence-corrected chi connectivity index (χ1v) is 7.54. The zero-order valence-corrected chi connectivity index (χ0v) is 12.5. The molecular weight excluding hydrogens is 274 g/mol. The van der Waals surface area contributed by atoms with Gasteiger partial charge < -0.3 is 4.98 Å². The lowest BCUT2D eigenvalue weighted by Crippen LogP contribution is -2.08. The molecule has 0 aliphatic rings. The van der Waals surface area contributed by atoms with E-state index >= 15 is 0 Å². The van der Waals surface area contributed by atoms with Crippen LogP contribution < -0.4 is 0 Å². The fourth-order valence-electron chi connectivity index (χ4n) is 2.32. The molecule has 3 heterocycles. The number of rotatable bonds is 3. The van der Waals surface area contributed by atoms with Crippen molar-refractivity contribution in [3.05, 3.63) is 45.0 Å². The van der Waals surface area contributed by atoms with Crippen molar-refractivity contribution in [1.29, 1.82) is 0 Å². The number of hydrogen-bond acceptors (Lipinski definition) is 3. The van der Waals surface area contributed by atoms with Crippen LogP contribution in [0.15, 0.2) is 29.6 Å². The molecule has 3 aromatic heterocycles. The molecule has 1 N–H and O–H groups in total. The summed E-state index contributed by atoms with van der Waals surface area (Å²) in [6, 6.07) is 8.60. The maximum atomic E-state index is 5.44. The quantitative estimate of drug-likeness (QED) is 0.731. The Morgan fingerprint density at radius 1 is 1.42 bits per heavy atom. The maximum Gasteiger partial charge on any atom is 0.179 e. The van der Waals surface area contributed by atoms with Crippen molar-refractivity contribution in [2.45, 2.75) is 26.3 Å². The number of pyridine rings is 1. The Kier molecular flexibility index (Phi) is 3.24. The molecule has 0 saturated carbocycles. The zero-order valence-electron chi connectivity index (χ0n) is 10.9. The van der Waals surface area contributed by atoms with Crippen molar-refractivity contribution in [3.63, 3.8) is 0 Å². The molecule has 1 atom stereocenters. The van der Waals surface area contributed by atoms with Gasteiger partial charge in [-0.25, -0.2) is 4.98 Å². The number of fused-ring (bicyclic) bond motifs is 1. The molecule has 19 heavy (non-hydrogen) atoms. The minimum Gasteiger partial charge on any atom is -0.329 e. The Labute approximate surface area is 120 Å². The van der Waals surface area contributed by atoms with Gasteiger partial charge in [-0.3, -0.25) is 4.57 Å². The van der Waals surface area contributed by atoms with Crippen LogP contribution in [0.1, 0.15) is 23.5 Å². The van der Waals surface area contributed by atoms with Crippen LogP contribution in [-0.4, -0.2) is 14.5 Å². The lowest BCUT2D eigenvalue weighted by molar-refractivity contribution is 0.553. The van der Waals surface area contributed by atoms with Gasteiger partial charge in [-0.2, -0.15) is 0 Å². The van der Waals surface area contributed by atoms with E-state index in [0.29, 0.717) is 6.04 Å². The summed E-state index contributed by atoms with van der Waals surface area (Å²) in [6.45, 7) is 4.19. The largest absolute Gasteiger partial charge is 0.329 e. The van der Waals surface area contributed by atoms with E-state index < -0.39 is 0 Å². The molecule has 0 amide bonds. The van der Waals surface area contributed by atoms with Gasteiger partial charge >= 0.3 is 0 Å². The predicted octanol–water partition coefficient (Wildman–Crippen LogP) is 4.27. The van der Waals surface area contributed by atoms with Crippen LogP contribution in [0.5, 0.6) is 0 Å². The van der Waals surface area contributed by atoms with E-state index in [0.717, 1.165) is 28.0 Å². The predicted molar refractivity (Wildman–Crippen MR) is 82.4 cm³/mol. The molecule has 0 spiro atoms. The van der Waals surface area contributed by atoms with E-state index in [2.05, 4.69) is 39.0 Å². The molecule has 3 nitrogen and oxygen atoms in total. The lowest BCUT2D eigenvalue weighted by atomic mass is 10.2. The zero-order chi connectivity index (χ0) is 13.4. The second kappa shape index (κ2) is 4.90. The summed E-state index contributed by atoms with van der Waals surface area (Å²) in [6.07, 6.45) is 0.981. The van der Waals surface area contributed by atoms with Crippen molar-refractivity contribution in [2.24, 2.45) is 0 Å². The Hall–Kier alpha value is -1.46. The molecule has 0 aliphatic heterocycles. The molecule has 0 fully saturated rings. The van der Waals surface area contributed by atoms with Gasteiger partial charge in [-0.15, -0.1) is 11.3 Å². The maximum absolute atomic E-state index is 5.44. The van der Waals surface area contributed by atoms with Crippen LogP contribution in [0.25, 0.3) is 11.2 Å². The number of imidazole rings is 1. The molecule has 1 unspecified atom stereocenters. The normalized spacial score (nSPS) is 12.9. The smallest absolute Gasteiger partial charge is 0.179 e. The fraction of sp³-hybridized carbons (Fsp3) is 0.286. The highest BCUT2D eigenvalue weighted by molar-refractivity contribution is 7.71. The van der Waals surface area contributed by atoms with Gasteiger partial charge in [0.05, 0.1) is 5.52 Å².